The van der Waals surface area contributed by atoms with Gasteiger partial charge in [-0.15, -0.1) is 0 Å². The van der Waals surface area contributed by atoms with Crippen molar-refractivity contribution < 1.29 is 80.2 Å². The number of hydrogen-bond donors (Lipinski definition) is 3. The summed E-state index contributed by atoms with van der Waals surface area (Å²) in [7, 11) is -9.90. The first kappa shape index (κ1) is 92.1. The molecular formula is C75H146O17P2. The minimum atomic E-state index is -4.95. The first-order valence-electron chi connectivity index (χ1n) is 39.2. The summed E-state index contributed by atoms with van der Waals surface area (Å²) < 4.78 is 68.3. The number of esters is 4. The predicted octanol–water partition coefficient (Wildman–Crippen LogP) is 22.1. The molecule has 0 aliphatic rings. The van der Waals surface area contributed by atoms with Gasteiger partial charge in [-0.3, -0.25) is 37.3 Å². The lowest BCUT2D eigenvalue weighted by molar-refractivity contribution is -0.161. The van der Waals surface area contributed by atoms with Gasteiger partial charge in [0.2, 0.25) is 0 Å². The Morgan fingerprint density at radius 1 is 0.298 bits per heavy atom. The highest BCUT2D eigenvalue weighted by Gasteiger charge is 2.30. The van der Waals surface area contributed by atoms with E-state index in [0.717, 1.165) is 109 Å². The number of aliphatic hydroxyl groups excluding tert-OH is 1. The van der Waals surface area contributed by atoms with Gasteiger partial charge >= 0.3 is 39.5 Å². The van der Waals surface area contributed by atoms with Crippen LogP contribution in [0.15, 0.2) is 0 Å². The number of unbranched alkanes of at least 4 members (excludes halogenated alkanes) is 46. The number of aliphatic hydroxyl groups is 1. The molecule has 0 saturated carbocycles. The number of carbonyl (C=O) groups is 4. The van der Waals surface area contributed by atoms with E-state index < -0.39 is 97.5 Å². The Labute approximate surface area is 575 Å². The molecule has 3 N–H and O–H groups in total. The Balaban J connectivity index is 5.15. The average Bonchev–Trinajstić information content (AvgIpc) is 1.45. The maximum absolute atomic E-state index is 13.1. The van der Waals surface area contributed by atoms with Crippen molar-refractivity contribution in [2.24, 2.45) is 5.92 Å². The summed E-state index contributed by atoms with van der Waals surface area (Å²) in [6, 6.07) is 0. The highest BCUT2D eigenvalue weighted by atomic mass is 31.2. The van der Waals surface area contributed by atoms with E-state index >= 15 is 0 Å². The van der Waals surface area contributed by atoms with Crippen LogP contribution in [0, 0.1) is 5.92 Å². The van der Waals surface area contributed by atoms with Gasteiger partial charge in [-0.2, -0.15) is 0 Å². The zero-order valence-electron chi connectivity index (χ0n) is 61.1. The second-order valence-electron chi connectivity index (χ2n) is 27.3. The van der Waals surface area contributed by atoms with Gasteiger partial charge in [0, 0.05) is 25.7 Å². The fourth-order valence-electron chi connectivity index (χ4n) is 11.5. The average molecular weight is 1380 g/mol. The van der Waals surface area contributed by atoms with Crippen molar-refractivity contribution in [3.8, 4) is 0 Å². The Bertz CT molecular complexity index is 1810. The van der Waals surface area contributed by atoms with Crippen LogP contribution in [0.25, 0.3) is 0 Å². The van der Waals surface area contributed by atoms with E-state index in [1.54, 1.807) is 0 Å². The second kappa shape index (κ2) is 68.2. The van der Waals surface area contributed by atoms with Gasteiger partial charge in [-0.05, 0) is 31.6 Å². The van der Waals surface area contributed by atoms with Crippen LogP contribution < -0.4 is 0 Å². The molecule has 0 saturated heterocycles. The minimum absolute atomic E-state index is 0.103. The molecule has 3 unspecified atom stereocenters. The van der Waals surface area contributed by atoms with Crippen LogP contribution in [-0.4, -0.2) is 96.7 Å². The molecule has 558 valence electrons. The molecular weight excluding hydrogens is 1230 g/mol. The first-order valence-corrected chi connectivity index (χ1v) is 42.2. The largest absolute Gasteiger partial charge is 0.472 e. The maximum Gasteiger partial charge on any atom is 0.472 e. The Morgan fingerprint density at radius 2 is 0.511 bits per heavy atom. The Kier molecular flexibility index (Phi) is 66.8. The summed E-state index contributed by atoms with van der Waals surface area (Å²) in [6.45, 7) is 7.19. The monoisotopic (exact) mass is 1380 g/mol. The van der Waals surface area contributed by atoms with E-state index in [9.17, 15) is 43.2 Å². The fourth-order valence-corrected chi connectivity index (χ4v) is 13.1. The molecule has 6 atom stereocenters. The zero-order chi connectivity index (χ0) is 69.1. The fraction of sp³-hybridized carbons (Fsp3) is 0.947. The first-order chi connectivity index (χ1) is 45.6. The summed E-state index contributed by atoms with van der Waals surface area (Å²) in [6.07, 6.45) is 57.3. The molecule has 0 aromatic carbocycles. The van der Waals surface area contributed by atoms with E-state index in [2.05, 4.69) is 34.6 Å². The van der Waals surface area contributed by atoms with Gasteiger partial charge in [-0.25, -0.2) is 9.13 Å². The van der Waals surface area contributed by atoms with Crippen molar-refractivity contribution >= 4 is 39.5 Å². The van der Waals surface area contributed by atoms with E-state index in [1.807, 2.05) is 0 Å². The Morgan fingerprint density at radius 3 is 0.755 bits per heavy atom. The molecule has 0 bridgehead atoms. The van der Waals surface area contributed by atoms with Gasteiger partial charge in [0.05, 0.1) is 26.4 Å². The number of hydrogen-bond acceptors (Lipinski definition) is 15. The summed E-state index contributed by atoms with van der Waals surface area (Å²) in [4.78, 5) is 72.6. The van der Waals surface area contributed by atoms with E-state index in [0.29, 0.717) is 25.7 Å². The lowest BCUT2D eigenvalue weighted by atomic mass is 10.00. The third kappa shape index (κ3) is 67.3. The van der Waals surface area contributed by atoms with E-state index in [4.69, 9.17) is 37.0 Å². The van der Waals surface area contributed by atoms with Crippen LogP contribution in [-0.2, 0) is 65.4 Å². The number of carbonyl (C=O) groups excluding carboxylic acids is 4. The van der Waals surface area contributed by atoms with Crippen LogP contribution >= 0.6 is 15.6 Å². The Hall–Kier alpha value is -1.94. The SMILES string of the molecule is CCCCCCCCCCCCCCCCCCCCCCCC(=O)O[C@H](COC(=O)CCCCCCCCCCCCCCCCCC)COP(=O)(O)OC[C@@H](O)COP(=O)(O)OC[C@@H](COC(=O)CCCCCCCCC)OC(=O)CCCCCCCCC(C)CC. The van der Waals surface area contributed by atoms with E-state index in [-0.39, 0.29) is 25.7 Å². The van der Waals surface area contributed by atoms with E-state index in [1.165, 1.54) is 205 Å². The molecule has 0 radical (unpaired) electrons. The summed E-state index contributed by atoms with van der Waals surface area (Å²) >= 11 is 0. The second-order valence-corrected chi connectivity index (χ2v) is 30.2. The topological polar surface area (TPSA) is 237 Å². The van der Waals surface area contributed by atoms with Crippen molar-refractivity contribution in [2.45, 2.75) is 412 Å². The summed E-state index contributed by atoms with van der Waals surface area (Å²) in [5, 5.41) is 10.6. The van der Waals surface area contributed by atoms with Gasteiger partial charge in [0.25, 0.3) is 0 Å². The van der Waals surface area contributed by atoms with Gasteiger partial charge in [0.1, 0.15) is 19.3 Å². The van der Waals surface area contributed by atoms with Crippen LogP contribution in [0.3, 0.4) is 0 Å². The normalized spacial score (nSPS) is 14.3. The van der Waals surface area contributed by atoms with Crippen molar-refractivity contribution in [1.82, 2.24) is 0 Å². The number of phosphoric ester groups is 2. The number of rotatable bonds is 75. The number of ether oxygens (including phenoxy) is 4. The van der Waals surface area contributed by atoms with Crippen LogP contribution in [0.4, 0.5) is 0 Å². The van der Waals surface area contributed by atoms with Gasteiger partial charge < -0.3 is 33.8 Å². The summed E-state index contributed by atoms with van der Waals surface area (Å²) in [5.74, 6) is -1.40. The summed E-state index contributed by atoms with van der Waals surface area (Å²) in [5.41, 5.74) is 0. The quantitative estimate of drug-likeness (QED) is 0.0222. The lowest BCUT2D eigenvalue weighted by Gasteiger charge is -2.21. The third-order valence-corrected chi connectivity index (χ3v) is 19.8. The smallest absolute Gasteiger partial charge is 0.462 e. The number of phosphoric acid groups is 2. The third-order valence-electron chi connectivity index (χ3n) is 17.9. The van der Waals surface area contributed by atoms with Gasteiger partial charge in [-0.1, -0.05) is 343 Å². The molecule has 0 aromatic heterocycles. The highest BCUT2D eigenvalue weighted by Crippen LogP contribution is 2.45. The van der Waals surface area contributed by atoms with Gasteiger partial charge in [0.15, 0.2) is 12.2 Å². The molecule has 0 aliphatic heterocycles. The van der Waals surface area contributed by atoms with Crippen LogP contribution in [0.1, 0.15) is 394 Å². The molecule has 0 aromatic rings. The van der Waals surface area contributed by atoms with Crippen molar-refractivity contribution in [1.29, 1.82) is 0 Å². The standard InChI is InChI=1S/C75H146O17P2/c1-6-10-13-16-19-21-23-25-27-29-30-31-32-33-35-37-39-41-44-50-55-60-74(79)91-70(65-86-73(78)59-54-49-43-40-38-36-34-28-26-24-22-20-17-14-11-7-2)66-89-93(81,82)87-62-69(76)63-88-94(83,84)90-67-71(64-85-72(77)58-53-48-42-18-15-12-8-3)92-75(80)61-56-51-46-45-47-52-57-68(5)9-4/h68-71,76H,6-67H2,1-5H3,(H,81,82)(H,83,84)/t68?,69-,70-,71-/m1/s1. The predicted molar refractivity (Wildman–Crippen MR) is 382 cm³/mol. The van der Waals surface area contributed by atoms with Crippen molar-refractivity contribution in [3.05, 3.63) is 0 Å². The lowest BCUT2D eigenvalue weighted by Crippen LogP contribution is -2.30. The maximum atomic E-state index is 13.1. The molecule has 0 fully saturated rings. The molecule has 0 spiro atoms. The molecule has 94 heavy (non-hydrogen) atoms. The molecule has 0 aliphatic carbocycles. The van der Waals surface area contributed by atoms with Crippen molar-refractivity contribution in [2.75, 3.05) is 39.6 Å². The molecule has 17 nitrogen and oxygen atoms in total. The molecule has 19 heteroatoms. The van der Waals surface area contributed by atoms with Crippen LogP contribution in [0.5, 0.6) is 0 Å². The molecule has 0 heterocycles. The molecule has 0 rings (SSSR count). The van der Waals surface area contributed by atoms with Crippen LogP contribution in [0.2, 0.25) is 0 Å². The molecule has 0 amide bonds. The minimum Gasteiger partial charge on any atom is -0.462 e. The zero-order valence-corrected chi connectivity index (χ0v) is 62.9. The highest BCUT2D eigenvalue weighted by molar-refractivity contribution is 7.47. The van der Waals surface area contributed by atoms with Crippen molar-refractivity contribution in [3.63, 3.8) is 0 Å².